The molecular weight excluding hydrogens is 378 g/mol. The lowest BCUT2D eigenvalue weighted by atomic mass is 10.1. The largest absolute Gasteiger partial charge is 0.497 e. The highest BCUT2D eigenvalue weighted by atomic mass is 32.2. The number of methoxy groups -OCH3 is 1. The second-order valence-corrected chi connectivity index (χ2v) is 7.72. The number of amides is 1. The van der Waals surface area contributed by atoms with Gasteiger partial charge in [0.25, 0.3) is 0 Å². The fraction of sp³-hybridized carbons (Fsp3) is 0.278. The minimum Gasteiger partial charge on any atom is -0.497 e. The third-order valence-corrected chi connectivity index (χ3v) is 4.89. The first-order chi connectivity index (χ1) is 12.7. The van der Waals surface area contributed by atoms with E-state index in [9.17, 15) is 22.0 Å². The van der Waals surface area contributed by atoms with E-state index in [1.807, 2.05) is 12.1 Å². The summed E-state index contributed by atoms with van der Waals surface area (Å²) in [5, 5.41) is 2.59. The summed E-state index contributed by atoms with van der Waals surface area (Å²) in [6.45, 7) is -0.335. The van der Waals surface area contributed by atoms with E-state index in [1.165, 1.54) is 0 Å². The first-order valence-corrected chi connectivity index (χ1v) is 9.88. The van der Waals surface area contributed by atoms with E-state index < -0.39 is 34.1 Å². The van der Waals surface area contributed by atoms with Gasteiger partial charge >= 0.3 is 0 Å². The summed E-state index contributed by atoms with van der Waals surface area (Å²) in [7, 11) is -2.37. The molecule has 2 aromatic carbocycles. The van der Waals surface area contributed by atoms with Crippen LogP contribution >= 0.6 is 0 Å². The number of benzene rings is 2. The van der Waals surface area contributed by atoms with Crippen molar-refractivity contribution in [2.75, 3.05) is 30.8 Å². The van der Waals surface area contributed by atoms with Crippen molar-refractivity contribution in [3.63, 3.8) is 0 Å². The molecule has 1 amide bonds. The minimum absolute atomic E-state index is 0.272. The van der Waals surface area contributed by atoms with Crippen LogP contribution in [0.5, 0.6) is 5.75 Å². The van der Waals surface area contributed by atoms with Crippen molar-refractivity contribution in [3.8, 4) is 5.75 Å². The first-order valence-electron chi connectivity index (χ1n) is 8.03. The van der Waals surface area contributed by atoms with Crippen LogP contribution in [0.1, 0.15) is 5.56 Å². The number of anilines is 1. The number of ether oxygens (including phenoxy) is 1. The molecule has 146 valence electrons. The van der Waals surface area contributed by atoms with Crippen LogP contribution in [0, 0.1) is 11.6 Å². The molecule has 9 heteroatoms. The molecule has 0 aromatic heterocycles. The van der Waals surface area contributed by atoms with Crippen molar-refractivity contribution in [3.05, 3.63) is 59.7 Å². The standard InChI is InChI=1S/C18H20F2N2O4S/c1-26-15-6-3-13(4-7-15)9-10-21-18(23)12-22(27(2,24)25)17-8-5-14(19)11-16(17)20/h3-8,11H,9-10,12H2,1-2H3,(H,21,23). The number of halogens is 2. The molecule has 0 aliphatic rings. The monoisotopic (exact) mass is 398 g/mol. The van der Waals surface area contributed by atoms with Gasteiger partial charge in [-0.3, -0.25) is 9.10 Å². The Kier molecular flexibility index (Phi) is 6.73. The van der Waals surface area contributed by atoms with Gasteiger partial charge in [-0.15, -0.1) is 0 Å². The molecule has 0 atom stereocenters. The maximum absolute atomic E-state index is 13.9. The Bertz CT molecular complexity index is 902. The number of hydrogen-bond donors (Lipinski definition) is 1. The van der Waals surface area contributed by atoms with Crippen molar-refractivity contribution in [1.82, 2.24) is 5.32 Å². The van der Waals surface area contributed by atoms with Crippen LogP contribution in [0.3, 0.4) is 0 Å². The Hall–Kier alpha value is -2.68. The predicted octanol–water partition coefficient (Wildman–Crippen LogP) is 2.10. The summed E-state index contributed by atoms with van der Waals surface area (Å²) in [6.07, 6.45) is 1.37. The zero-order valence-corrected chi connectivity index (χ0v) is 15.7. The molecule has 0 saturated heterocycles. The molecule has 0 saturated carbocycles. The minimum atomic E-state index is -3.94. The van der Waals surface area contributed by atoms with Gasteiger partial charge < -0.3 is 10.1 Å². The molecule has 0 bridgehead atoms. The Morgan fingerprint density at radius 3 is 2.37 bits per heavy atom. The lowest BCUT2D eigenvalue weighted by Gasteiger charge is -2.22. The molecule has 6 nitrogen and oxygen atoms in total. The van der Waals surface area contributed by atoms with E-state index in [0.29, 0.717) is 22.5 Å². The van der Waals surface area contributed by atoms with Crippen LogP contribution < -0.4 is 14.4 Å². The molecule has 0 aliphatic heterocycles. The summed E-state index contributed by atoms with van der Waals surface area (Å²) in [5.74, 6) is -1.79. The maximum atomic E-state index is 13.9. The van der Waals surface area contributed by atoms with Gasteiger partial charge in [0, 0.05) is 12.6 Å². The Morgan fingerprint density at radius 2 is 1.81 bits per heavy atom. The van der Waals surface area contributed by atoms with E-state index in [-0.39, 0.29) is 12.2 Å². The molecule has 0 radical (unpaired) electrons. The highest BCUT2D eigenvalue weighted by Gasteiger charge is 2.23. The van der Waals surface area contributed by atoms with E-state index >= 15 is 0 Å². The van der Waals surface area contributed by atoms with Crippen molar-refractivity contribution < 1.29 is 26.7 Å². The SMILES string of the molecule is COc1ccc(CCNC(=O)CN(c2ccc(F)cc2F)S(C)(=O)=O)cc1. The molecule has 0 fully saturated rings. The zero-order chi connectivity index (χ0) is 20.0. The Labute approximate surface area is 156 Å². The second kappa shape index (κ2) is 8.81. The summed E-state index contributed by atoms with van der Waals surface area (Å²) in [5.41, 5.74) is 0.574. The summed E-state index contributed by atoms with van der Waals surface area (Å²) >= 11 is 0. The summed E-state index contributed by atoms with van der Waals surface area (Å²) in [6, 6.07) is 9.76. The molecule has 0 aliphatic carbocycles. The third-order valence-electron chi connectivity index (χ3n) is 3.76. The molecule has 1 N–H and O–H groups in total. The average Bonchev–Trinajstić information content (AvgIpc) is 2.60. The van der Waals surface area contributed by atoms with E-state index in [2.05, 4.69) is 5.32 Å². The van der Waals surface area contributed by atoms with Gasteiger partial charge in [-0.25, -0.2) is 17.2 Å². The van der Waals surface area contributed by atoms with Crippen molar-refractivity contribution in [2.24, 2.45) is 0 Å². The Balaban J connectivity index is 1.99. The lowest BCUT2D eigenvalue weighted by molar-refractivity contribution is -0.119. The second-order valence-electron chi connectivity index (χ2n) is 5.81. The molecule has 2 aromatic rings. The summed E-state index contributed by atoms with van der Waals surface area (Å²) < 4.78 is 56.5. The number of carbonyl (C=O) groups excluding carboxylic acids is 1. The van der Waals surface area contributed by atoms with Crippen molar-refractivity contribution in [1.29, 1.82) is 0 Å². The van der Waals surface area contributed by atoms with Gasteiger partial charge in [0.1, 0.15) is 23.9 Å². The van der Waals surface area contributed by atoms with Gasteiger partial charge in [0.2, 0.25) is 15.9 Å². The molecule has 2 rings (SSSR count). The number of nitrogens with one attached hydrogen (secondary N) is 1. The molecule has 0 heterocycles. The van der Waals surface area contributed by atoms with Gasteiger partial charge in [-0.1, -0.05) is 12.1 Å². The van der Waals surface area contributed by atoms with E-state index in [0.717, 1.165) is 24.0 Å². The van der Waals surface area contributed by atoms with Crippen LogP contribution in [0.4, 0.5) is 14.5 Å². The molecule has 0 unspecified atom stereocenters. The normalized spacial score (nSPS) is 11.1. The number of nitrogens with zero attached hydrogens (tertiary/aromatic N) is 1. The van der Waals surface area contributed by atoms with E-state index in [1.54, 1.807) is 19.2 Å². The quantitative estimate of drug-likeness (QED) is 0.739. The number of sulfonamides is 1. The maximum Gasteiger partial charge on any atom is 0.240 e. The van der Waals surface area contributed by atoms with E-state index in [4.69, 9.17) is 4.74 Å². The third kappa shape index (κ3) is 5.92. The average molecular weight is 398 g/mol. The van der Waals surface area contributed by atoms with Crippen molar-refractivity contribution in [2.45, 2.75) is 6.42 Å². The van der Waals surface area contributed by atoms with Gasteiger partial charge in [0.05, 0.1) is 19.1 Å². The van der Waals surface area contributed by atoms with Crippen LogP contribution in [-0.4, -0.2) is 40.8 Å². The van der Waals surface area contributed by atoms with Crippen LogP contribution in [-0.2, 0) is 21.2 Å². The smallest absolute Gasteiger partial charge is 0.240 e. The summed E-state index contributed by atoms with van der Waals surface area (Å²) in [4.78, 5) is 12.1. The molecule has 0 spiro atoms. The van der Waals surface area contributed by atoms with Gasteiger partial charge in [0.15, 0.2) is 0 Å². The number of hydrogen-bond acceptors (Lipinski definition) is 4. The fourth-order valence-corrected chi connectivity index (χ4v) is 3.25. The first kappa shape index (κ1) is 20.6. The molecule has 27 heavy (non-hydrogen) atoms. The van der Waals surface area contributed by atoms with Crippen LogP contribution in [0.2, 0.25) is 0 Å². The highest BCUT2D eigenvalue weighted by molar-refractivity contribution is 7.92. The van der Waals surface area contributed by atoms with Gasteiger partial charge in [-0.05, 0) is 36.2 Å². The lowest BCUT2D eigenvalue weighted by Crippen LogP contribution is -2.41. The van der Waals surface area contributed by atoms with Gasteiger partial charge in [-0.2, -0.15) is 0 Å². The fourth-order valence-electron chi connectivity index (χ4n) is 2.39. The predicted molar refractivity (Wildman–Crippen MR) is 98.3 cm³/mol. The Morgan fingerprint density at radius 1 is 1.15 bits per heavy atom. The van der Waals surface area contributed by atoms with Crippen LogP contribution in [0.25, 0.3) is 0 Å². The zero-order valence-electron chi connectivity index (χ0n) is 14.9. The van der Waals surface area contributed by atoms with Crippen LogP contribution in [0.15, 0.2) is 42.5 Å². The topological polar surface area (TPSA) is 75.7 Å². The van der Waals surface area contributed by atoms with Crippen molar-refractivity contribution >= 4 is 21.6 Å². The molecular formula is C18H20F2N2O4S. The highest BCUT2D eigenvalue weighted by Crippen LogP contribution is 2.22. The number of rotatable bonds is 8. The number of carbonyl (C=O) groups is 1.